The number of carboxylic acid groups (broad SMARTS) is 1. The standard InChI is InChI=1S/C19H26N2O2/c22-19(23)15-5-3-14(4-6-15)12-20-11-9-18-16(13-20)2-1-10-21(18)17-7-8-17/h3-6,16-18H,1-2,7-13H2,(H,22,23). The Morgan fingerprint density at radius 1 is 1.09 bits per heavy atom. The molecule has 23 heavy (non-hydrogen) atoms. The molecule has 1 N–H and O–H groups in total. The van der Waals surface area contributed by atoms with E-state index in [1.165, 1.54) is 57.3 Å². The van der Waals surface area contributed by atoms with Gasteiger partial charge in [0.2, 0.25) is 0 Å². The van der Waals surface area contributed by atoms with Gasteiger partial charge in [0.25, 0.3) is 0 Å². The second kappa shape index (κ2) is 6.25. The first kappa shape index (κ1) is 15.2. The van der Waals surface area contributed by atoms with E-state index in [-0.39, 0.29) is 0 Å². The quantitative estimate of drug-likeness (QED) is 0.928. The van der Waals surface area contributed by atoms with Crippen LogP contribution in [0.15, 0.2) is 24.3 Å². The maximum atomic E-state index is 10.9. The number of nitrogens with zero attached hydrogens (tertiary/aromatic N) is 2. The lowest BCUT2D eigenvalue weighted by atomic mass is 9.83. The maximum Gasteiger partial charge on any atom is 0.335 e. The largest absolute Gasteiger partial charge is 0.478 e. The van der Waals surface area contributed by atoms with Crippen molar-refractivity contribution in [2.24, 2.45) is 5.92 Å². The van der Waals surface area contributed by atoms with Gasteiger partial charge in [0.15, 0.2) is 0 Å². The maximum absolute atomic E-state index is 10.9. The smallest absolute Gasteiger partial charge is 0.335 e. The molecular formula is C19H26N2O2. The van der Waals surface area contributed by atoms with Crippen LogP contribution in [0.5, 0.6) is 0 Å². The van der Waals surface area contributed by atoms with Crippen molar-refractivity contribution in [3.05, 3.63) is 35.4 Å². The highest BCUT2D eigenvalue weighted by atomic mass is 16.4. The number of fused-ring (bicyclic) bond motifs is 1. The summed E-state index contributed by atoms with van der Waals surface area (Å²) in [6, 6.07) is 9.10. The van der Waals surface area contributed by atoms with Crippen LogP contribution in [-0.4, -0.2) is 52.6 Å². The van der Waals surface area contributed by atoms with Crippen LogP contribution in [0.2, 0.25) is 0 Å². The van der Waals surface area contributed by atoms with Crippen LogP contribution in [0.3, 0.4) is 0 Å². The van der Waals surface area contributed by atoms with E-state index in [9.17, 15) is 4.79 Å². The minimum absolute atomic E-state index is 0.375. The fourth-order valence-electron chi connectivity index (χ4n) is 4.53. The molecule has 1 aromatic carbocycles. The highest BCUT2D eigenvalue weighted by molar-refractivity contribution is 5.87. The molecule has 0 spiro atoms. The zero-order valence-corrected chi connectivity index (χ0v) is 13.7. The second-order valence-corrected chi connectivity index (χ2v) is 7.46. The SMILES string of the molecule is O=C(O)c1ccc(CN2CCC3C(CCCN3C3CC3)C2)cc1. The Morgan fingerprint density at radius 2 is 1.87 bits per heavy atom. The van der Waals surface area contributed by atoms with Crippen LogP contribution in [0.4, 0.5) is 0 Å². The Morgan fingerprint density at radius 3 is 2.57 bits per heavy atom. The van der Waals surface area contributed by atoms with Crippen LogP contribution in [0.25, 0.3) is 0 Å². The topological polar surface area (TPSA) is 43.8 Å². The summed E-state index contributed by atoms with van der Waals surface area (Å²) in [6.45, 7) is 4.65. The van der Waals surface area contributed by atoms with Gasteiger partial charge in [0.05, 0.1) is 5.56 Å². The molecule has 4 nitrogen and oxygen atoms in total. The van der Waals surface area contributed by atoms with Crippen LogP contribution in [0, 0.1) is 5.92 Å². The third-order valence-corrected chi connectivity index (χ3v) is 5.82. The number of aromatic carboxylic acids is 1. The summed E-state index contributed by atoms with van der Waals surface area (Å²) < 4.78 is 0. The molecule has 2 saturated heterocycles. The van der Waals surface area contributed by atoms with Gasteiger partial charge < -0.3 is 5.11 Å². The van der Waals surface area contributed by atoms with Gasteiger partial charge in [-0.1, -0.05) is 12.1 Å². The predicted molar refractivity (Wildman–Crippen MR) is 89.5 cm³/mol. The van der Waals surface area contributed by atoms with Crippen molar-refractivity contribution in [3.63, 3.8) is 0 Å². The molecule has 2 aliphatic heterocycles. The number of benzene rings is 1. The molecule has 3 fully saturated rings. The summed E-state index contributed by atoms with van der Waals surface area (Å²) in [6.07, 6.45) is 6.88. The Kier molecular flexibility index (Phi) is 4.12. The van der Waals surface area contributed by atoms with Gasteiger partial charge in [-0.2, -0.15) is 0 Å². The molecule has 0 aromatic heterocycles. The van der Waals surface area contributed by atoms with Crippen molar-refractivity contribution in [3.8, 4) is 0 Å². The number of likely N-dealkylation sites (tertiary alicyclic amines) is 2. The van der Waals surface area contributed by atoms with Gasteiger partial charge in [-0.25, -0.2) is 4.79 Å². The highest BCUT2D eigenvalue weighted by Gasteiger charge is 2.41. The Labute approximate surface area is 138 Å². The number of hydrogen-bond acceptors (Lipinski definition) is 3. The number of hydrogen-bond donors (Lipinski definition) is 1. The molecule has 1 aliphatic carbocycles. The molecule has 0 bridgehead atoms. The van der Waals surface area contributed by atoms with E-state index in [2.05, 4.69) is 9.80 Å². The van der Waals surface area contributed by atoms with Gasteiger partial charge in [-0.15, -0.1) is 0 Å². The molecule has 1 aromatic rings. The van der Waals surface area contributed by atoms with E-state index in [4.69, 9.17) is 5.11 Å². The summed E-state index contributed by atoms with van der Waals surface area (Å²) in [5.41, 5.74) is 1.60. The minimum atomic E-state index is -0.847. The average Bonchev–Trinajstić information content (AvgIpc) is 3.39. The van der Waals surface area contributed by atoms with E-state index < -0.39 is 5.97 Å². The third-order valence-electron chi connectivity index (χ3n) is 5.82. The summed E-state index contributed by atoms with van der Waals surface area (Å²) in [5, 5.41) is 8.99. The Balaban J connectivity index is 1.37. The van der Waals surface area contributed by atoms with Gasteiger partial charge >= 0.3 is 5.97 Å². The molecular weight excluding hydrogens is 288 g/mol. The molecule has 4 heteroatoms. The molecule has 124 valence electrons. The molecule has 3 aliphatic rings. The van der Waals surface area contributed by atoms with Crippen molar-refractivity contribution in [2.75, 3.05) is 19.6 Å². The van der Waals surface area contributed by atoms with E-state index in [0.29, 0.717) is 5.56 Å². The summed E-state index contributed by atoms with van der Waals surface area (Å²) in [7, 11) is 0. The Hall–Kier alpha value is -1.39. The van der Waals surface area contributed by atoms with Crippen molar-refractivity contribution >= 4 is 5.97 Å². The van der Waals surface area contributed by atoms with Gasteiger partial charge in [0.1, 0.15) is 0 Å². The third kappa shape index (κ3) is 3.29. The molecule has 1 saturated carbocycles. The summed E-state index contributed by atoms with van der Waals surface area (Å²) in [5.74, 6) is -0.0175. The van der Waals surface area contributed by atoms with Gasteiger partial charge in [-0.3, -0.25) is 9.80 Å². The van der Waals surface area contributed by atoms with E-state index in [1.54, 1.807) is 12.1 Å². The predicted octanol–water partition coefficient (Wildman–Crippen LogP) is 2.83. The van der Waals surface area contributed by atoms with Gasteiger partial charge in [-0.05, 0) is 68.8 Å². The highest BCUT2D eigenvalue weighted by Crippen LogP contribution is 2.38. The first-order valence-electron chi connectivity index (χ1n) is 9.01. The second-order valence-electron chi connectivity index (χ2n) is 7.46. The monoisotopic (exact) mass is 314 g/mol. The zero-order chi connectivity index (χ0) is 15.8. The molecule has 2 atom stereocenters. The van der Waals surface area contributed by atoms with E-state index in [1.807, 2.05) is 12.1 Å². The van der Waals surface area contributed by atoms with Crippen molar-refractivity contribution in [2.45, 2.75) is 50.7 Å². The molecule has 0 amide bonds. The van der Waals surface area contributed by atoms with Gasteiger partial charge in [0, 0.05) is 25.2 Å². The lowest BCUT2D eigenvalue weighted by Crippen LogP contribution is -2.54. The fourth-order valence-corrected chi connectivity index (χ4v) is 4.53. The van der Waals surface area contributed by atoms with Crippen LogP contribution >= 0.6 is 0 Å². The first-order valence-corrected chi connectivity index (χ1v) is 9.01. The van der Waals surface area contributed by atoms with Crippen LogP contribution in [0.1, 0.15) is 48.0 Å². The van der Waals surface area contributed by atoms with Crippen LogP contribution < -0.4 is 0 Å². The zero-order valence-electron chi connectivity index (χ0n) is 13.7. The normalized spacial score (nSPS) is 29.2. The summed E-state index contributed by atoms with van der Waals surface area (Å²) in [4.78, 5) is 16.3. The molecule has 2 heterocycles. The first-order chi connectivity index (χ1) is 11.2. The van der Waals surface area contributed by atoms with Crippen molar-refractivity contribution < 1.29 is 9.90 Å². The van der Waals surface area contributed by atoms with E-state index in [0.717, 1.165) is 24.5 Å². The minimum Gasteiger partial charge on any atom is -0.478 e. The van der Waals surface area contributed by atoms with Crippen molar-refractivity contribution in [1.29, 1.82) is 0 Å². The Bertz CT molecular complexity index is 567. The lowest BCUT2D eigenvalue weighted by Gasteiger charge is -2.47. The molecule has 4 rings (SSSR count). The van der Waals surface area contributed by atoms with Crippen molar-refractivity contribution in [1.82, 2.24) is 9.80 Å². The van der Waals surface area contributed by atoms with E-state index >= 15 is 0 Å². The van der Waals surface area contributed by atoms with Crippen LogP contribution in [-0.2, 0) is 6.54 Å². The molecule has 0 radical (unpaired) electrons. The average molecular weight is 314 g/mol. The number of carbonyl (C=O) groups is 1. The number of piperidine rings is 2. The number of rotatable bonds is 4. The fraction of sp³-hybridized carbons (Fsp3) is 0.632. The lowest BCUT2D eigenvalue weighted by molar-refractivity contribution is 0.0154. The summed E-state index contributed by atoms with van der Waals surface area (Å²) >= 11 is 0. The molecule has 2 unspecified atom stereocenters. The number of carboxylic acids is 1.